The van der Waals surface area contributed by atoms with Gasteiger partial charge in [0.15, 0.2) is 5.82 Å². The van der Waals surface area contributed by atoms with E-state index in [9.17, 15) is 18.0 Å². The Labute approximate surface area is 210 Å². The van der Waals surface area contributed by atoms with Gasteiger partial charge in [0.1, 0.15) is 23.2 Å². The van der Waals surface area contributed by atoms with Crippen LogP contribution in [-0.2, 0) is 28.7 Å². The monoisotopic (exact) mass is 515 g/mol. The molecule has 2 aliphatic heterocycles. The lowest BCUT2D eigenvalue weighted by molar-refractivity contribution is -0.141. The zero-order valence-electron chi connectivity index (χ0n) is 20.1. The Bertz CT molecular complexity index is 1290. The number of amides is 1. The zero-order chi connectivity index (χ0) is 26.2. The minimum absolute atomic E-state index is 0.0115. The molecule has 1 atom stereocenters. The number of anilines is 3. The Balaban J connectivity index is 1.27. The number of halogens is 3. The van der Waals surface area contributed by atoms with Crippen LogP contribution >= 0.6 is 0 Å². The molecule has 5 rings (SSSR count). The van der Waals surface area contributed by atoms with Gasteiger partial charge in [0, 0.05) is 39.5 Å². The van der Waals surface area contributed by atoms with Gasteiger partial charge in [0.25, 0.3) is 5.91 Å². The number of methoxy groups -OCH3 is 1. The number of pyridine rings is 2. The van der Waals surface area contributed by atoms with Crippen molar-refractivity contribution in [2.45, 2.75) is 31.6 Å². The average molecular weight is 515 g/mol. The normalized spacial score (nSPS) is 17.0. The van der Waals surface area contributed by atoms with Gasteiger partial charge in [-0.1, -0.05) is 6.07 Å². The number of ether oxygens (including phenoxy) is 2. The van der Waals surface area contributed by atoms with Crippen LogP contribution in [0.1, 0.15) is 23.4 Å². The number of likely N-dealkylation sites (N-methyl/N-ethyl adjacent to an activating group) is 1. The summed E-state index contributed by atoms with van der Waals surface area (Å²) in [6.07, 6.45) is -0.356. The fourth-order valence-electron chi connectivity index (χ4n) is 4.32. The standard InChI is InChI=1S/C24H24F3N7O3/c1-33-17(13-36-2)22(35)34-9-3-4-16-20(34)21(33)32-23(31-16)30-11-14-5-8-19(29-10-14)37-15-6-7-18(28-12-15)24(25,26)27/h5-8,10,12,17H,3-4,9,11,13H2,1-2H3,(H,30,31,32). The maximum absolute atomic E-state index is 13.0. The molecule has 0 bridgehead atoms. The highest BCUT2D eigenvalue weighted by atomic mass is 19.4. The molecule has 1 unspecified atom stereocenters. The van der Waals surface area contributed by atoms with Gasteiger partial charge in [-0.15, -0.1) is 0 Å². The minimum atomic E-state index is -4.51. The van der Waals surface area contributed by atoms with Gasteiger partial charge in [-0.3, -0.25) is 4.79 Å². The van der Waals surface area contributed by atoms with Gasteiger partial charge < -0.3 is 24.6 Å². The van der Waals surface area contributed by atoms with Crippen LogP contribution < -0.4 is 19.9 Å². The molecule has 1 N–H and O–H groups in total. The number of hydrogen-bond donors (Lipinski definition) is 1. The second-order valence-corrected chi connectivity index (χ2v) is 8.68. The topological polar surface area (TPSA) is 106 Å². The summed E-state index contributed by atoms with van der Waals surface area (Å²) >= 11 is 0. The van der Waals surface area contributed by atoms with Crippen molar-refractivity contribution in [1.29, 1.82) is 0 Å². The van der Waals surface area contributed by atoms with Crippen LogP contribution in [0.4, 0.5) is 30.6 Å². The van der Waals surface area contributed by atoms with Crippen molar-refractivity contribution in [3.8, 4) is 11.6 Å². The molecule has 5 heterocycles. The lowest BCUT2D eigenvalue weighted by Crippen LogP contribution is -2.56. The van der Waals surface area contributed by atoms with Crippen LogP contribution in [0.2, 0.25) is 0 Å². The van der Waals surface area contributed by atoms with Crippen LogP contribution in [0.15, 0.2) is 36.7 Å². The SMILES string of the molecule is COCC1C(=O)N2CCCc3nc(NCc4ccc(Oc5ccc(C(F)(F)F)nc5)nc4)nc(c32)N1C. The highest BCUT2D eigenvalue weighted by Crippen LogP contribution is 2.40. The van der Waals surface area contributed by atoms with E-state index >= 15 is 0 Å². The Morgan fingerprint density at radius 2 is 1.97 bits per heavy atom. The van der Waals surface area contributed by atoms with Crippen LogP contribution in [0.25, 0.3) is 0 Å². The van der Waals surface area contributed by atoms with E-state index in [2.05, 4.69) is 25.3 Å². The van der Waals surface area contributed by atoms with Crippen molar-refractivity contribution in [3.63, 3.8) is 0 Å². The second-order valence-electron chi connectivity index (χ2n) is 8.68. The number of alkyl halides is 3. The third-order valence-corrected chi connectivity index (χ3v) is 6.18. The predicted octanol–water partition coefficient (Wildman–Crippen LogP) is 3.43. The number of carbonyl (C=O) groups is 1. The van der Waals surface area contributed by atoms with E-state index in [1.54, 1.807) is 30.3 Å². The first kappa shape index (κ1) is 24.7. The van der Waals surface area contributed by atoms with E-state index in [1.165, 1.54) is 6.07 Å². The Morgan fingerprint density at radius 3 is 2.65 bits per heavy atom. The number of nitrogens with one attached hydrogen (secondary N) is 1. The van der Waals surface area contributed by atoms with Crippen molar-refractivity contribution >= 4 is 23.4 Å². The van der Waals surface area contributed by atoms with Gasteiger partial charge in [-0.25, -0.2) is 15.0 Å². The van der Waals surface area contributed by atoms with Crippen molar-refractivity contribution in [2.24, 2.45) is 0 Å². The van der Waals surface area contributed by atoms with Crippen LogP contribution in [0.3, 0.4) is 0 Å². The van der Waals surface area contributed by atoms with Gasteiger partial charge in [-0.05, 0) is 30.5 Å². The summed E-state index contributed by atoms with van der Waals surface area (Å²) in [5.74, 6) is 1.47. The Kier molecular flexibility index (Phi) is 6.54. The molecule has 0 fully saturated rings. The molecule has 37 heavy (non-hydrogen) atoms. The molecule has 10 nitrogen and oxygen atoms in total. The first-order valence-corrected chi connectivity index (χ1v) is 11.6. The fourth-order valence-corrected chi connectivity index (χ4v) is 4.32. The highest BCUT2D eigenvalue weighted by molar-refractivity contribution is 6.05. The predicted molar refractivity (Wildman–Crippen MR) is 128 cm³/mol. The second kappa shape index (κ2) is 9.81. The van der Waals surface area contributed by atoms with E-state index in [-0.39, 0.29) is 24.1 Å². The molecular formula is C24H24F3N7O3. The maximum atomic E-state index is 13.0. The first-order valence-electron chi connectivity index (χ1n) is 11.6. The summed E-state index contributed by atoms with van der Waals surface area (Å²) in [4.78, 5) is 33.5. The van der Waals surface area contributed by atoms with E-state index in [4.69, 9.17) is 9.47 Å². The van der Waals surface area contributed by atoms with Crippen molar-refractivity contribution in [3.05, 3.63) is 53.6 Å². The molecule has 0 radical (unpaired) electrons. The lowest BCUT2D eigenvalue weighted by Gasteiger charge is -2.42. The number of aromatic nitrogens is 4. The summed E-state index contributed by atoms with van der Waals surface area (Å²) in [5, 5.41) is 3.21. The average Bonchev–Trinajstić information content (AvgIpc) is 2.89. The lowest BCUT2D eigenvalue weighted by atomic mass is 10.0. The quantitative estimate of drug-likeness (QED) is 0.507. The largest absolute Gasteiger partial charge is 0.437 e. The van der Waals surface area contributed by atoms with Crippen molar-refractivity contribution in [2.75, 3.05) is 42.4 Å². The highest BCUT2D eigenvalue weighted by Gasteiger charge is 2.41. The summed E-state index contributed by atoms with van der Waals surface area (Å²) in [6, 6.07) is 4.97. The van der Waals surface area contributed by atoms with Gasteiger partial charge in [0.05, 0.1) is 18.5 Å². The molecular weight excluding hydrogens is 491 g/mol. The van der Waals surface area contributed by atoms with Crippen LogP contribution in [0.5, 0.6) is 11.6 Å². The molecule has 0 aliphatic carbocycles. The smallest absolute Gasteiger partial charge is 0.433 e. The third-order valence-electron chi connectivity index (χ3n) is 6.18. The molecule has 2 aliphatic rings. The van der Waals surface area contributed by atoms with Crippen molar-refractivity contribution in [1.82, 2.24) is 19.9 Å². The Hall–Kier alpha value is -4.00. The number of nitrogens with zero attached hydrogens (tertiary/aromatic N) is 6. The molecule has 0 saturated carbocycles. The molecule has 3 aromatic heterocycles. The van der Waals surface area contributed by atoms with Crippen molar-refractivity contribution < 1.29 is 27.4 Å². The van der Waals surface area contributed by atoms with Gasteiger partial charge in [-0.2, -0.15) is 18.2 Å². The number of carbonyl (C=O) groups excluding carboxylic acids is 1. The molecule has 13 heteroatoms. The van der Waals surface area contributed by atoms with Crippen LogP contribution in [-0.4, -0.2) is 59.2 Å². The van der Waals surface area contributed by atoms with E-state index in [0.29, 0.717) is 24.9 Å². The molecule has 194 valence electrons. The molecule has 0 aromatic carbocycles. The first-order chi connectivity index (χ1) is 17.7. The number of hydrogen-bond acceptors (Lipinski definition) is 9. The maximum Gasteiger partial charge on any atom is 0.433 e. The van der Waals surface area contributed by atoms with Gasteiger partial charge >= 0.3 is 6.18 Å². The molecule has 0 spiro atoms. The third kappa shape index (κ3) is 4.99. The van der Waals surface area contributed by atoms with E-state index in [1.807, 2.05) is 11.9 Å². The van der Waals surface area contributed by atoms with E-state index < -0.39 is 17.9 Å². The van der Waals surface area contributed by atoms with Gasteiger partial charge in [0.2, 0.25) is 11.8 Å². The fraction of sp³-hybridized carbons (Fsp3) is 0.375. The molecule has 0 saturated heterocycles. The summed E-state index contributed by atoms with van der Waals surface area (Å²) < 4.78 is 48.7. The number of aryl methyl sites for hydroxylation is 1. The summed E-state index contributed by atoms with van der Waals surface area (Å²) in [6.45, 7) is 1.27. The zero-order valence-corrected chi connectivity index (χ0v) is 20.1. The number of rotatable bonds is 7. The minimum Gasteiger partial charge on any atom is -0.437 e. The molecule has 1 amide bonds. The Morgan fingerprint density at radius 1 is 1.14 bits per heavy atom. The molecule has 3 aromatic rings. The van der Waals surface area contributed by atoms with E-state index in [0.717, 1.165) is 42.0 Å². The van der Waals surface area contributed by atoms with Crippen LogP contribution in [0, 0.1) is 0 Å². The summed E-state index contributed by atoms with van der Waals surface area (Å²) in [7, 11) is 3.39. The summed E-state index contributed by atoms with van der Waals surface area (Å²) in [5.41, 5.74) is 1.40.